The first kappa shape index (κ1) is 12.5. The molecule has 0 heterocycles. The van der Waals surface area contributed by atoms with Crippen LogP contribution in [0.25, 0.3) is 0 Å². The lowest BCUT2D eigenvalue weighted by atomic mass is 10.1. The first-order chi connectivity index (χ1) is 7.60. The van der Waals surface area contributed by atoms with E-state index >= 15 is 0 Å². The highest BCUT2D eigenvalue weighted by Crippen LogP contribution is 2.35. The van der Waals surface area contributed by atoms with Crippen molar-refractivity contribution in [3.8, 4) is 11.5 Å². The van der Waals surface area contributed by atoms with E-state index in [1.807, 2.05) is 0 Å². The van der Waals surface area contributed by atoms with Gasteiger partial charge >= 0.3 is 0 Å². The van der Waals surface area contributed by atoms with Crippen LogP contribution in [0.4, 0.5) is 0 Å². The lowest BCUT2D eigenvalue weighted by molar-refractivity contribution is -0.120. The van der Waals surface area contributed by atoms with E-state index in [0.717, 1.165) is 11.8 Å². The second kappa shape index (κ2) is 5.51. The van der Waals surface area contributed by atoms with Gasteiger partial charge in [-0.1, -0.05) is 12.1 Å². The van der Waals surface area contributed by atoms with E-state index in [2.05, 4.69) is 0 Å². The zero-order chi connectivity index (χ0) is 12.1. The van der Waals surface area contributed by atoms with Crippen LogP contribution in [0.2, 0.25) is 0 Å². The monoisotopic (exact) mass is 224 g/mol. The molecular formula is C12H16O4. The van der Waals surface area contributed by atoms with Crippen molar-refractivity contribution < 1.29 is 19.4 Å². The number of benzene rings is 1. The van der Waals surface area contributed by atoms with Crippen LogP contribution < -0.4 is 4.74 Å². The van der Waals surface area contributed by atoms with Crippen molar-refractivity contribution >= 4 is 6.29 Å². The molecule has 0 saturated carbocycles. The molecular weight excluding hydrogens is 208 g/mol. The predicted octanol–water partition coefficient (Wildman–Crippen LogP) is 2.07. The molecule has 1 aromatic carbocycles. The number of methoxy groups -OCH3 is 1. The van der Waals surface area contributed by atoms with Gasteiger partial charge in [0.15, 0.2) is 11.5 Å². The minimum atomic E-state index is -0.484. The van der Waals surface area contributed by atoms with Gasteiger partial charge in [0.2, 0.25) is 0 Å². The Morgan fingerprint density at radius 1 is 1.38 bits per heavy atom. The molecule has 2 atom stereocenters. The fourth-order valence-corrected chi connectivity index (χ4v) is 1.51. The quantitative estimate of drug-likeness (QED) is 0.778. The Bertz CT molecular complexity index is 362. The third-order valence-corrected chi connectivity index (χ3v) is 2.28. The number of carbonyl (C=O) groups is 1. The number of aromatic hydroxyl groups is 1. The summed E-state index contributed by atoms with van der Waals surface area (Å²) < 4.78 is 10.5. The summed E-state index contributed by atoms with van der Waals surface area (Å²) in [5.74, 6) is 0.447. The first-order valence-electron chi connectivity index (χ1n) is 5.06. The molecule has 0 bridgehead atoms. The molecule has 0 radical (unpaired) electrons. The van der Waals surface area contributed by atoms with Crippen LogP contribution in [-0.2, 0) is 9.53 Å². The maximum absolute atomic E-state index is 10.5. The lowest BCUT2D eigenvalue weighted by Gasteiger charge is -2.18. The molecule has 0 aliphatic heterocycles. The largest absolute Gasteiger partial charge is 0.504 e. The van der Waals surface area contributed by atoms with E-state index in [0.29, 0.717) is 5.75 Å². The molecule has 0 aliphatic rings. The molecule has 1 N–H and O–H groups in total. The number of carbonyl (C=O) groups excluding carboxylic acids is 1. The normalized spacial score (nSPS) is 14.2. The van der Waals surface area contributed by atoms with Crippen LogP contribution in [0.1, 0.15) is 25.5 Å². The van der Waals surface area contributed by atoms with Crippen LogP contribution in [0, 0.1) is 0 Å². The average molecular weight is 224 g/mol. The highest BCUT2D eigenvalue weighted by atomic mass is 16.5. The minimum Gasteiger partial charge on any atom is -0.504 e. The molecule has 88 valence electrons. The summed E-state index contributed by atoms with van der Waals surface area (Å²) in [4.78, 5) is 10.5. The number of hydrogen-bond acceptors (Lipinski definition) is 4. The van der Waals surface area contributed by atoms with Gasteiger partial charge in [-0.25, -0.2) is 0 Å². The van der Waals surface area contributed by atoms with Gasteiger partial charge < -0.3 is 19.4 Å². The minimum absolute atomic E-state index is 0.0641. The molecule has 0 fully saturated rings. The van der Waals surface area contributed by atoms with Crippen LogP contribution in [0.3, 0.4) is 0 Å². The molecule has 1 rings (SSSR count). The topological polar surface area (TPSA) is 55.8 Å². The van der Waals surface area contributed by atoms with Crippen LogP contribution in [0.5, 0.6) is 11.5 Å². The van der Waals surface area contributed by atoms with E-state index in [9.17, 15) is 9.90 Å². The smallest absolute Gasteiger partial charge is 0.166 e. The number of rotatable bonds is 5. The molecule has 0 saturated heterocycles. The summed E-state index contributed by atoms with van der Waals surface area (Å²) in [5.41, 5.74) is 0.719. The van der Waals surface area contributed by atoms with Crippen LogP contribution >= 0.6 is 0 Å². The first-order valence-corrected chi connectivity index (χ1v) is 5.06. The van der Waals surface area contributed by atoms with Crippen molar-refractivity contribution in [2.24, 2.45) is 0 Å². The summed E-state index contributed by atoms with van der Waals surface area (Å²) >= 11 is 0. The fraction of sp³-hybridized carbons (Fsp3) is 0.417. The average Bonchev–Trinajstić information content (AvgIpc) is 2.28. The summed E-state index contributed by atoms with van der Waals surface area (Å²) in [7, 11) is 1.48. The molecule has 1 aromatic rings. The van der Waals surface area contributed by atoms with E-state index < -0.39 is 6.10 Å². The standard InChI is InChI=1S/C12H16O4/c1-8(7-13)16-9(2)10-5-4-6-11(14)12(10)15-3/h4-9,14H,1-3H3/t8-,9+/m0/s1. The number of aldehydes is 1. The van der Waals surface area contributed by atoms with Gasteiger partial charge in [-0.15, -0.1) is 0 Å². The van der Waals surface area contributed by atoms with Gasteiger partial charge in [0, 0.05) is 5.56 Å². The number of ether oxygens (including phenoxy) is 2. The molecule has 4 heteroatoms. The highest BCUT2D eigenvalue weighted by molar-refractivity contribution is 5.55. The Balaban J connectivity index is 2.94. The van der Waals surface area contributed by atoms with Gasteiger partial charge in [-0.05, 0) is 19.9 Å². The summed E-state index contributed by atoms with van der Waals surface area (Å²) in [5, 5.41) is 9.58. The summed E-state index contributed by atoms with van der Waals surface area (Å²) in [6.07, 6.45) is -0.0736. The van der Waals surface area contributed by atoms with Gasteiger partial charge in [0.25, 0.3) is 0 Å². The number of phenols is 1. The lowest BCUT2D eigenvalue weighted by Crippen LogP contribution is -2.13. The SMILES string of the molecule is COc1c(O)cccc1[C@@H](C)O[C@@H](C)C=O. The van der Waals surface area contributed by atoms with Crippen LogP contribution in [-0.4, -0.2) is 24.6 Å². The Morgan fingerprint density at radius 2 is 2.06 bits per heavy atom. The van der Waals surface area contributed by atoms with Crippen molar-refractivity contribution in [3.05, 3.63) is 23.8 Å². The Labute approximate surface area is 94.8 Å². The predicted molar refractivity (Wildman–Crippen MR) is 59.7 cm³/mol. The molecule has 0 amide bonds. The van der Waals surface area contributed by atoms with Gasteiger partial charge in [0.1, 0.15) is 12.4 Å². The summed E-state index contributed by atoms with van der Waals surface area (Å²) in [6, 6.07) is 5.04. The van der Waals surface area contributed by atoms with Gasteiger partial charge in [0.05, 0.1) is 13.2 Å². The van der Waals surface area contributed by atoms with E-state index in [1.165, 1.54) is 13.2 Å². The zero-order valence-corrected chi connectivity index (χ0v) is 9.64. The van der Waals surface area contributed by atoms with Crippen molar-refractivity contribution in [1.29, 1.82) is 0 Å². The number of hydrogen-bond donors (Lipinski definition) is 1. The maximum atomic E-state index is 10.5. The van der Waals surface area contributed by atoms with Crippen molar-refractivity contribution in [1.82, 2.24) is 0 Å². The highest BCUT2D eigenvalue weighted by Gasteiger charge is 2.16. The second-order valence-corrected chi connectivity index (χ2v) is 3.52. The maximum Gasteiger partial charge on any atom is 0.166 e. The van der Waals surface area contributed by atoms with Crippen molar-refractivity contribution in [2.75, 3.05) is 7.11 Å². The molecule has 0 unspecified atom stereocenters. The Morgan fingerprint density at radius 3 is 2.62 bits per heavy atom. The van der Waals surface area contributed by atoms with Gasteiger partial charge in [-0.2, -0.15) is 0 Å². The third-order valence-electron chi connectivity index (χ3n) is 2.28. The molecule has 0 aromatic heterocycles. The number of phenolic OH excluding ortho intramolecular Hbond substituents is 1. The van der Waals surface area contributed by atoms with E-state index in [1.54, 1.807) is 26.0 Å². The molecule has 0 spiro atoms. The molecule has 4 nitrogen and oxygen atoms in total. The van der Waals surface area contributed by atoms with E-state index in [4.69, 9.17) is 9.47 Å². The van der Waals surface area contributed by atoms with Crippen LogP contribution in [0.15, 0.2) is 18.2 Å². The second-order valence-electron chi connectivity index (χ2n) is 3.52. The van der Waals surface area contributed by atoms with E-state index in [-0.39, 0.29) is 11.9 Å². The molecule has 0 aliphatic carbocycles. The molecule has 16 heavy (non-hydrogen) atoms. The summed E-state index contributed by atoms with van der Waals surface area (Å²) in [6.45, 7) is 3.47. The zero-order valence-electron chi connectivity index (χ0n) is 9.64. The van der Waals surface area contributed by atoms with Crippen molar-refractivity contribution in [3.63, 3.8) is 0 Å². The number of para-hydroxylation sites is 1. The fourth-order valence-electron chi connectivity index (χ4n) is 1.51. The Kier molecular flexibility index (Phi) is 4.31. The van der Waals surface area contributed by atoms with Gasteiger partial charge in [-0.3, -0.25) is 0 Å². The van der Waals surface area contributed by atoms with Crippen molar-refractivity contribution in [2.45, 2.75) is 26.1 Å². The Hall–Kier alpha value is -1.55. The third kappa shape index (κ3) is 2.73.